The van der Waals surface area contributed by atoms with Crippen LogP contribution in [0.2, 0.25) is 0 Å². The van der Waals surface area contributed by atoms with Crippen LogP contribution in [0.15, 0.2) is 35.6 Å². The SMILES string of the molecule is Cc1cc(-c2ncnc3nc(C4CCN(C)CC4)[nH]c23)ccc1CN1C=C(C(N)=O)SC1C(C)(C)C. The van der Waals surface area contributed by atoms with E-state index >= 15 is 0 Å². The molecule has 3 N–H and O–H groups in total. The fourth-order valence-corrected chi connectivity index (χ4v) is 6.30. The highest BCUT2D eigenvalue weighted by molar-refractivity contribution is 8.04. The lowest BCUT2D eigenvalue weighted by atomic mass is 9.95. The van der Waals surface area contributed by atoms with Gasteiger partial charge in [-0.05, 0) is 62.5 Å². The second-order valence-electron chi connectivity index (χ2n) is 11.1. The smallest absolute Gasteiger partial charge is 0.256 e. The summed E-state index contributed by atoms with van der Waals surface area (Å²) in [6.07, 6.45) is 5.72. The van der Waals surface area contributed by atoms with Crippen LogP contribution in [-0.4, -0.2) is 61.2 Å². The van der Waals surface area contributed by atoms with Crippen LogP contribution in [0.25, 0.3) is 22.4 Å². The van der Waals surface area contributed by atoms with Crippen molar-refractivity contribution in [2.45, 2.75) is 58.4 Å². The van der Waals surface area contributed by atoms with Crippen molar-refractivity contribution in [3.8, 4) is 11.3 Å². The maximum Gasteiger partial charge on any atom is 0.256 e. The number of aromatic nitrogens is 4. The first kappa shape index (κ1) is 24.8. The molecule has 0 bridgehead atoms. The Kier molecular flexibility index (Phi) is 6.55. The number of amides is 1. The van der Waals surface area contributed by atoms with Gasteiger partial charge >= 0.3 is 0 Å². The molecule has 2 aliphatic heterocycles. The van der Waals surface area contributed by atoms with Gasteiger partial charge in [-0.1, -0.05) is 44.7 Å². The number of hydrogen-bond acceptors (Lipinski definition) is 7. The molecule has 1 atom stereocenters. The zero-order chi connectivity index (χ0) is 25.6. The highest BCUT2D eigenvalue weighted by Crippen LogP contribution is 2.43. The number of H-pyrrole nitrogens is 1. The van der Waals surface area contributed by atoms with Crippen LogP contribution in [0.4, 0.5) is 0 Å². The van der Waals surface area contributed by atoms with E-state index in [0.29, 0.717) is 17.4 Å². The lowest BCUT2D eigenvalue weighted by Gasteiger charge is -2.35. The fraction of sp³-hybridized carbons (Fsp3) is 0.481. The van der Waals surface area contributed by atoms with E-state index in [1.54, 1.807) is 18.1 Å². The Hall–Kier alpha value is -2.91. The number of hydrogen-bond donors (Lipinski definition) is 2. The monoisotopic (exact) mass is 505 g/mol. The summed E-state index contributed by atoms with van der Waals surface area (Å²) < 4.78 is 0. The quantitative estimate of drug-likeness (QED) is 0.530. The van der Waals surface area contributed by atoms with Crippen LogP contribution in [0.5, 0.6) is 0 Å². The number of piperidine rings is 1. The van der Waals surface area contributed by atoms with Crippen molar-refractivity contribution in [2.75, 3.05) is 20.1 Å². The van der Waals surface area contributed by atoms with Crippen molar-refractivity contribution in [3.63, 3.8) is 0 Å². The second-order valence-corrected chi connectivity index (χ2v) is 12.2. The Balaban J connectivity index is 1.42. The Morgan fingerprint density at radius 2 is 1.97 bits per heavy atom. The molecule has 8 nitrogen and oxygen atoms in total. The van der Waals surface area contributed by atoms with Crippen LogP contribution in [0.1, 0.15) is 56.5 Å². The fourth-order valence-electron chi connectivity index (χ4n) is 5.12. The first-order valence-corrected chi connectivity index (χ1v) is 13.4. The molecular formula is C27H35N7OS. The van der Waals surface area contributed by atoms with E-state index in [9.17, 15) is 4.79 Å². The number of fused-ring (bicyclic) bond motifs is 1. The van der Waals surface area contributed by atoms with Crippen molar-refractivity contribution < 1.29 is 4.79 Å². The number of benzene rings is 1. The molecule has 0 spiro atoms. The third-order valence-corrected chi connectivity index (χ3v) is 8.95. The second kappa shape index (κ2) is 9.52. The molecule has 0 radical (unpaired) electrons. The maximum absolute atomic E-state index is 11.8. The molecule has 36 heavy (non-hydrogen) atoms. The number of likely N-dealkylation sites (tertiary alicyclic amines) is 1. The molecule has 190 valence electrons. The van der Waals surface area contributed by atoms with Gasteiger partial charge in [0.25, 0.3) is 5.91 Å². The summed E-state index contributed by atoms with van der Waals surface area (Å²) in [7, 11) is 2.17. The van der Waals surface area contributed by atoms with Crippen molar-refractivity contribution in [1.29, 1.82) is 0 Å². The third kappa shape index (κ3) is 4.86. The summed E-state index contributed by atoms with van der Waals surface area (Å²) in [5, 5.41) is 0.142. The molecule has 1 fully saturated rings. The topological polar surface area (TPSA) is 104 Å². The lowest BCUT2D eigenvalue weighted by molar-refractivity contribution is -0.113. The Morgan fingerprint density at radius 3 is 2.64 bits per heavy atom. The van der Waals surface area contributed by atoms with Crippen LogP contribution in [0.3, 0.4) is 0 Å². The van der Waals surface area contributed by atoms with E-state index in [1.807, 2.05) is 6.20 Å². The molecule has 0 aliphatic carbocycles. The summed E-state index contributed by atoms with van der Waals surface area (Å²) in [6, 6.07) is 6.46. The summed E-state index contributed by atoms with van der Waals surface area (Å²) in [5.41, 5.74) is 11.5. The average Bonchev–Trinajstić information content (AvgIpc) is 3.45. The number of imidazole rings is 1. The number of aryl methyl sites for hydroxylation is 1. The molecule has 1 amide bonds. The lowest BCUT2D eigenvalue weighted by Crippen LogP contribution is -2.35. The van der Waals surface area contributed by atoms with Gasteiger partial charge in [-0.15, -0.1) is 0 Å². The number of carbonyl (C=O) groups excluding carboxylic acids is 1. The number of carbonyl (C=O) groups is 1. The van der Waals surface area contributed by atoms with Crippen LogP contribution in [0, 0.1) is 12.3 Å². The van der Waals surface area contributed by atoms with Crippen molar-refractivity contribution in [3.05, 3.63) is 52.6 Å². The largest absolute Gasteiger partial charge is 0.365 e. The summed E-state index contributed by atoms with van der Waals surface area (Å²) in [4.78, 5) is 34.5. The first-order chi connectivity index (χ1) is 17.1. The molecule has 4 heterocycles. The highest BCUT2D eigenvalue weighted by atomic mass is 32.2. The number of primary amides is 1. The van der Waals surface area contributed by atoms with Gasteiger partial charge in [0.15, 0.2) is 5.65 Å². The van der Waals surface area contributed by atoms with Gasteiger partial charge in [0.2, 0.25) is 0 Å². The molecule has 2 aliphatic rings. The minimum atomic E-state index is -0.365. The summed E-state index contributed by atoms with van der Waals surface area (Å²) >= 11 is 1.56. The van der Waals surface area contributed by atoms with Crippen LogP contribution in [-0.2, 0) is 11.3 Å². The van der Waals surface area contributed by atoms with Gasteiger partial charge in [0.1, 0.15) is 17.7 Å². The number of nitrogens with zero attached hydrogens (tertiary/aromatic N) is 5. The first-order valence-electron chi connectivity index (χ1n) is 12.5. The molecule has 1 unspecified atom stereocenters. The van der Waals surface area contributed by atoms with Crippen molar-refractivity contribution in [2.24, 2.45) is 11.1 Å². The summed E-state index contributed by atoms with van der Waals surface area (Å²) in [6.45, 7) is 11.6. The van der Waals surface area contributed by atoms with Crippen LogP contribution < -0.4 is 5.73 Å². The van der Waals surface area contributed by atoms with E-state index < -0.39 is 0 Å². The summed E-state index contributed by atoms with van der Waals surface area (Å²) in [5.74, 6) is 1.08. The van der Waals surface area contributed by atoms with Gasteiger partial charge in [-0.3, -0.25) is 4.79 Å². The van der Waals surface area contributed by atoms with E-state index in [4.69, 9.17) is 10.7 Å². The molecule has 9 heteroatoms. The normalized spacial score (nSPS) is 19.8. The van der Waals surface area contributed by atoms with Crippen molar-refractivity contribution >= 4 is 28.8 Å². The molecule has 3 aromatic rings. The predicted molar refractivity (Wildman–Crippen MR) is 145 cm³/mol. The Morgan fingerprint density at radius 1 is 1.22 bits per heavy atom. The van der Waals surface area contributed by atoms with Gasteiger partial charge < -0.3 is 20.5 Å². The Bertz CT molecular complexity index is 1320. The van der Waals surface area contributed by atoms with E-state index in [1.165, 1.54) is 11.1 Å². The van der Waals surface area contributed by atoms with Gasteiger partial charge in [-0.25, -0.2) is 15.0 Å². The van der Waals surface area contributed by atoms with Gasteiger partial charge in [0.05, 0.1) is 16.0 Å². The van der Waals surface area contributed by atoms with E-state index in [2.05, 4.69) is 77.7 Å². The maximum atomic E-state index is 11.8. The molecule has 2 aromatic heterocycles. The van der Waals surface area contributed by atoms with Gasteiger partial charge in [0, 0.05) is 24.2 Å². The average molecular weight is 506 g/mol. The third-order valence-electron chi connectivity index (χ3n) is 7.19. The highest BCUT2D eigenvalue weighted by Gasteiger charge is 2.36. The minimum Gasteiger partial charge on any atom is -0.365 e. The standard InChI is InChI=1S/C27H35N7OS/c1-16-12-18(6-7-19(16)13-34-14-20(23(28)35)36-26(34)27(2,3)4)21-22-25(30-15-29-21)32-24(31-22)17-8-10-33(5)11-9-17/h6-7,12,14-15,17,26H,8-11,13H2,1-5H3,(H2,28,35)(H,29,30,31,32). The van der Waals surface area contributed by atoms with Crippen molar-refractivity contribution in [1.82, 2.24) is 29.7 Å². The number of nitrogens with one attached hydrogen (secondary N) is 1. The zero-order valence-electron chi connectivity index (χ0n) is 21.7. The zero-order valence-corrected chi connectivity index (χ0v) is 22.5. The molecule has 1 saturated heterocycles. The van der Waals surface area contributed by atoms with Gasteiger partial charge in [-0.2, -0.15) is 0 Å². The predicted octanol–water partition coefficient (Wildman–Crippen LogP) is 4.39. The van der Waals surface area contributed by atoms with E-state index in [0.717, 1.165) is 54.2 Å². The number of thioether (sulfide) groups is 1. The molecule has 0 saturated carbocycles. The minimum absolute atomic E-state index is 0.00908. The number of aromatic amines is 1. The molecule has 5 rings (SSSR count). The van der Waals surface area contributed by atoms with E-state index in [-0.39, 0.29) is 16.7 Å². The van der Waals surface area contributed by atoms with Crippen LogP contribution >= 0.6 is 11.8 Å². The molecule has 1 aromatic carbocycles. The Labute approximate surface area is 216 Å². The number of nitrogens with two attached hydrogens (primary N) is 1. The molecular weight excluding hydrogens is 470 g/mol. The number of rotatable bonds is 5.